The fourth-order valence-electron chi connectivity index (χ4n) is 2.35. The van der Waals surface area contributed by atoms with Crippen LogP contribution >= 0.6 is 23.1 Å². The van der Waals surface area contributed by atoms with Crippen molar-refractivity contribution in [3.05, 3.63) is 57.2 Å². The minimum Gasteiger partial charge on any atom is -0.320 e. The number of amides is 1. The monoisotopic (exact) mass is 401 g/mol. The minimum absolute atomic E-state index is 0.0682. The van der Waals surface area contributed by atoms with Crippen molar-refractivity contribution in [3.63, 3.8) is 0 Å². The second-order valence-corrected chi connectivity index (χ2v) is 7.71. The van der Waals surface area contributed by atoms with Crippen molar-refractivity contribution in [1.82, 2.24) is 15.2 Å². The maximum absolute atomic E-state index is 12.1. The zero-order valence-corrected chi connectivity index (χ0v) is 16.1. The average molecular weight is 401 g/mol. The molecule has 1 amide bonds. The van der Waals surface area contributed by atoms with Gasteiger partial charge in [0.15, 0.2) is 0 Å². The maximum Gasteiger partial charge on any atom is 0.292 e. The maximum atomic E-state index is 12.1. The standard InChI is InChI=1S/C17H15N5O3S2/c1-10-17(27-11(2)18-10)13-7-8-16(21-20-13)26-9-15(23)19-12-5-3-4-6-14(12)22(24)25/h3-8H,9H2,1-2H3,(H,19,23). The lowest BCUT2D eigenvalue weighted by Crippen LogP contribution is -2.15. The van der Waals surface area contributed by atoms with Crippen LogP contribution in [0.15, 0.2) is 41.4 Å². The van der Waals surface area contributed by atoms with Gasteiger partial charge in [-0.05, 0) is 32.0 Å². The predicted octanol–water partition coefficient (Wildman–Crippen LogP) is 3.86. The summed E-state index contributed by atoms with van der Waals surface area (Å²) in [5, 5.41) is 23.4. The molecule has 0 saturated carbocycles. The van der Waals surface area contributed by atoms with Gasteiger partial charge in [0.1, 0.15) is 16.4 Å². The van der Waals surface area contributed by atoms with Crippen molar-refractivity contribution in [1.29, 1.82) is 0 Å². The Hall–Kier alpha value is -2.85. The summed E-state index contributed by atoms with van der Waals surface area (Å²) in [5.41, 5.74) is 1.68. The molecule has 0 aliphatic carbocycles. The van der Waals surface area contributed by atoms with E-state index in [1.807, 2.05) is 19.9 Å². The van der Waals surface area contributed by atoms with Gasteiger partial charge < -0.3 is 5.32 Å². The van der Waals surface area contributed by atoms with Crippen molar-refractivity contribution in [2.24, 2.45) is 0 Å². The van der Waals surface area contributed by atoms with Gasteiger partial charge in [0.05, 0.1) is 26.3 Å². The van der Waals surface area contributed by atoms with Gasteiger partial charge in [-0.15, -0.1) is 21.5 Å². The smallest absolute Gasteiger partial charge is 0.292 e. The molecule has 27 heavy (non-hydrogen) atoms. The number of nitro groups is 1. The van der Waals surface area contributed by atoms with Gasteiger partial charge in [0.2, 0.25) is 5.91 Å². The van der Waals surface area contributed by atoms with Gasteiger partial charge >= 0.3 is 0 Å². The predicted molar refractivity (Wildman–Crippen MR) is 105 cm³/mol. The molecule has 1 N–H and O–H groups in total. The Morgan fingerprint density at radius 1 is 1.22 bits per heavy atom. The number of aromatic nitrogens is 3. The van der Waals surface area contributed by atoms with Crippen LogP contribution in [0.1, 0.15) is 10.7 Å². The Morgan fingerprint density at radius 3 is 2.63 bits per heavy atom. The van der Waals surface area contributed by atoms with Gasteiger partial charge in [-0.1, -0.05) is 23.9 Å². The van der Waals surface area contributed by atoms with Crippen LogP contribution in [-0.4, -0.2) is 31.8 Å². The number of aryl methyl sites for hydroxylation is 2. The van der Waals surface area contributed by atoms with E-state index in [2.05, 4.69) is 20.5 Å². The highest BCUT2D eigenvalue weighted by atomic mass is 32.2. The molecule has 0 bridgehead atoms. The van der Waals surface area contributed by atoms with Crippen molar-refractivity contribution >= 4 is 40.4 Å². The number of hydrogen-bond acceptors (Lipinski definition) is 8. The second kappa shape index (κ2) is 8.23. The Balaban J connectivity index is 1.61. The molecule has 3 rings (SSSR count). The summed E-state index contributed by atoms with van der Waals surface area (Å²) in [4.78, 5) is 27.9. The van der Waals surface area contributed by atoms with Gasteiger partial charge in [-0.3, -0.25) is 14.9 Å². The Kier molecular flexibility index (Phi) is 5.77. The molecule has 0 spiro atoms. The molecule has 10 heteroatoms. The number of anilines is 1. The third-order valence-electron chi connectivity index (χ3n) is 3.50. The van der Waals surface area contributed by atoms with Crippen LogP contribution in [0.25, 0.3) is 10.6 Å². The summed E-state index contributed by atoms with van der Waals surface area (Å²) in [7, 11) is 0. The molecule has 138 valence electrons. The van der Waals surface area contributed by atoms with E-state index < -0.39 is 4.92 Å². The van der Waals surface area contributed by atoms with E-state index >= 15 is 0 Å². The van der Waals surface area contributed by atoms with Crippen molar-refractivity contribution in [3.8, 4) is 10.6 Å². The van der Waals surface area contributed by atoms with Crippen LogP contribution < -0.4 is 5.32 Å². The zero-order valence-electron chi connectivity index (χ0n) is 14.5. The number of nitrogens with zero attached hydrogens (tertiary/aromatic N) is 4. The number of nitrogens with one attached hydrogen (secondary N) is 1. The number of hydrogen-bond donors (Lipinski definition) is 1. The van der Waals surface area contributed by atoms with E-state index in [-0.39, 0.29) is 23.0 Å². The van der Waals surface area contributed by atoms with Crippen LogP contribution in [0.2, 0.25) is 0 Å². The van der Waals surface area contributed by atoms with Crippen molar-refractivity contribution in [2.75, 3.05) is 11.1 Å². The first kappa shape index (κ1) is 18.9. The Morgan fingerprint density at radius 2 is 2.00 bits per heavy atom. The number of nitro benzene ring substituents is 1. The number of carbonyl (C=O) groups is 1. The van der Waals surface area contributed by atoms with E-state index in [4.69, 9.17) is 0 Å². The van der Waals surface area contributed by atoms with E-state index in [1.54, 1.807) is 29.5 Å². The van der Waals surface area contributed by atoms with Crippen LogP contribution in [0.4, 0.5) is 11.4 Å². The number of thioether (sulfide) groups is 1. The van der Waals surface area contributed by atoms with Gasteiger partial charge in [-0.25, -0.2) is 4.98 Å². The van der Waals surface area contributed by atoms with E-state index in [1.165, 1.54) is 23.9 Å². The molecule has 2 aromatic heterocycles. The number of thiazole rings is 1. The Labute approximate surface area is 163 Å². The average Bonchev–Trinajstić information content (AvgIpc) is 2.99. The summed E-state index contributed by atoms with van der Waals surface area (Å²) in [6.07, 6.45) is 0. The molecular formula is C17H15N5O3S2. The topological polar surface area (TPSA) is 111 Å². The molecule has 0 aliphatic heterocycles. The van der Waals surface area contributed by atoms with Crippen LogP contribution in [0.3, 0.4) is 0 Å². The number of carbonyl (C=O) groups excluding carboxylic acids is 1. The molecule has 0 radical (unpaired) electrons. The molecule has 0 fully saturated rings. The number of para-hydroxylation sites is 2. The summed E-state index contributed by atoms with van der Waals surface area (Å²) < 4.78 is 0. The zero-order chi connectivity index (χ0) is 19.4. The van der Waals surface area contributed by atoms with E-state index in [0.717, 1.165) is 21.3 Å². The van der Waals surface area contributed by atoms with Crippen LogP contribution in [0.5, 0.6) is 0 Å². The molecule has 3 aromatic rings. The first-order valence-corrected chi connectivity index (χ1v) is 9.68. The second-order valence-electron chi connectivity index (χ2n) is 5.52. The normalized spacial score (nSPS) is 10.6. The summed E-state index contributed by atoms with van der Waals surface area (Å²) in [6.45, 7) is 3.87. The molecule has 0 aliphatic rings. The molecule has 0 unspecified atom stereocenters. The highest BCUT2D eigenvalue weighted by Crippen LogP contribution is 2.28. The highest BCUT2D eigenvalue weighted by molar-refractivity contribution is 7.99. The lowest BCUT2D eigenvalue weighted by molar-refractivity contribution is -0.383. The third kappa shape index (κ3) is 4.66. The lowest BCUT2D eigenvalue weighted by atomic mass is 10.2. The summed E-state index contributed by atoms with van der Waals surface area (Å²) >= 11 is 2.76. The van der Waals surface area contributed by atoms with Crippen molar-refractivity contribution < 1.29 is 9.72 Å². The first-order chi connectivity index (χ1) is 12.9. The van der Waals surface area contributed by atoms with E-state index in [9.17, 15) is 14.9 Å². The highest BCUT2D eigenvalue weighted by Gasteiger charge is 2.15. The van der Waals surface area contributed by atoms with Gasteiger partial charge in [-0.2, -0.15) is 0 Å². The van der Waals surface area contributed by atoms with Crippen LogP contribution in [0, 0.1) is 24.0 Å². The van der Waals surface area contributed by atoms with Gasteiger partial charge in [0, 0.05) is 6.07 Å². The largest absolute Gasteiger partial charge is 0.320 e. The molecule has 0 saturated heterocycles. The summed E-state index contributed by atoms with van der Waals surface area (Å²) in [5.74, 6) is -0.284. The molecule has 2 heterocycles. The molecule has 1 aromatic carbocycles. The molecule has 8 nitrogen and oxygen atoms in total. The minimum atomic E-state index is -0.532. The fourth-order valence-corrected chi connectivity index (χ4v) is 3.85. The number of benzene rings is 1. The van der Waals surface area contributed by atoms with Gasteiger partial charge in [0.25, 0.3) is 5.69 Å². The lowest BCUT2D eigenvalue weighted by Gasteiger charge is -2.05. The van der Waals surface area contributed by atoms with Crippen molar-refractivity contribution in [2.45, 2.75) is 18.9 Å². The number of rotatable bonds is 6. The Bertz CT molecular complexity index is 988. The van der Waals surface area contributed by atoms with Crippen LogP contribution in [-0.2, 0) is 4.79 Å². The molecular weight excluding hydrogens is 386 g/mol. The SMILES string of the molecule is Cc1nc(C)c(-c2ccc(SCC(=O)Nc3ccccc3[N+](=O)[O-])nn2)s1. The quantitative estimate of drug-likeness (QED) is 0.379. The summed E-state index contributed by atoms with van der Waals surface area (Å²) in [6, 6.07) is 9.65. The first-order valence-electron chi connectivity index (χ1n) is 7.88. The molecule has 0 atom stereocenters. The third-order valence-corrected chi connectivity index (χ3v) is 5.52. The fraction of sp³-hybridized carbons (Fsp3) is 0.176. The van der Waals surface area contributed by atoms with E-state index in [0.29, 0.717) is 5.03 Å².